The highest BCUT2D eigenvalue weighted by Crippen LogP contribution is 2.48. The van der Waals surface area contributed by atoms with E-state index in [2.05, 4.69) is 15.0 Å². The molecule has 1 aromatic carbocycles. The van der Waals surface area contributed by atoms with E-state index < -0.39 is 64.1 Å². The average Bonchev–Trinajstić information content (AvgIpc) is 3.39. The highest BCUT2D eigenvalue weighted by atomic mass is 31.2. The molecule has 0 aliphatic heterocycles. The van der Waals surface area contributed by atoms with Crippen LogP contribution in [0.15, 0.2) is 43.0 Å². The molecular weight excluding hydrogens is 645 g/mol. The summed E-state index contributed by atoms with van der Waals surface area (Å²) in [4.78, 5) is 45.3. The summed E-state index contributed by atoms with van der Waals surface area (Å²) >= 11 is 0. The van der Waals surface area contributed by atoms with E-state index in [9.17, 15) is 18.9 Å². The average molecular weight is 684 g/mol. The van der Waals surface area contributed by atoms with Crippen LogP contribution in [-0.4, -0.2) is 86.3 Å². The summed E-state index contributed by atoms with van der Waals surface area (Å²) in [7, 11) is -4.06. The lowest BCUT2D eigenvalue weighted by molar-refractivity contribution is -0.131. The van der Waals surface area contributed by atoms with Crippen LogP contribution in [0.3, 0.4) is 0 Å². The maximum Gasteiger partial charge on any atom is 0.510 e. The number of hydrogen-bond donors (Lipinski definition) is 3. The summed E-state index contributed by atoms with van der Waals surface area (Å²) in [6.45, 7) is 6.98. The summed E-state index contributed by atoms with van der Waals surface area (Å²) < 4.78 is 49.7. The smallest absolute Gasteiger partial charge is 0.508 e. The van der Waals surface area contributed by atoms with E-state index in [0.29, 0.717) is 11.2 Å². The molecule has 0 saturated carbocycles. The number of carboxylic acids is 1. The fraction of sp³-hybridized carbons (Fsp3) is 0.429. The first-order chi connectivity index (χ1) is 22.2. The third kappa shape index (κ3) is 14.9. The molecule has 1 atom stereocenters. The topological polar surface area (TPSA) is 243 Å². The number of fused-ring (bicyclic) bond motifs is 1. The van der Waals surface area contributed by atoms with Gasteiger partial charge in [-0.25, -0.2) is 29.3 Å². The number of phenols is 1. The number of anilines is 1. The highest BCUT2D eigenvalue weighted by molar-refractivity contribution is 7.53. The number of phenolic OH excluding ortho intramolecular Hbond substituents is 1. The molecule has 2 aromatic heterocycles. The van der Waals surface area contributed by atoms with Crippen molar-refractivity contribution in [2.75, 3.05) is 25.7 Å². The van der Waals surface area contributed by atoms with Crippen molar-refractivity contribution in [1.82, 2.24) is 19.5 Å². The number of carbonyl (C=O) groups excluding carboxylic acids is 2. The zero-order valence-electron chi connectivity index (χ0n) is 26.4. The molecule has 18 nitrogen and oxygen atoms in total. The second-order valence-corrected chi connectivity index (χ2v) is 11.9. The molecule has 47 heavy (non-hydrogen) atoms. The molecular formula is C28H38N5O13P. The number of aliphatic carboxylic acids is 1. The van der Waals surface area contributed by atoms with Gasteiger partial charge in [0.1, 0.15) is 23.9 Å². The standard InChI is InChI=1S/C19H30N5O10P.C9H8O3/c1-12(2)33-18(25)28-9-31-35(27,32-10-29-19(26)34-13(3)4)11-30-14(5)6-24-8-23-15-16(20)21-7-22-17(15)24;10-8-4-1-7(2-5-8)3-6-9(11)12/h7-8,12-14H,6,9-11H2,1-5H3,(H2,20,21,22);1-6,10H,(H,11,12)/b;6-3+/t14-;/m1./s1. The third-order valence-electron chi connectivity index (χ3n) is 5.23. The van der Waals surface area contributed by atoms with Crippen molar-refractivity contribution >= 4 is 48.9 Å². The number of nitrogen functional groups attached to an aromatic ring is 1. The predicted molar refractivity (Wildman–Crippen MR) is 165 cm³/mol. The minimum absolute atomic E-state index is 0.169. The van der Waals surface area contributed by atoms with Crippen molar-refractivity contribution in [3.05, 3.63) is 48.6 Å². The Bertz CT molecular complexity index is 1500. The number of aromatic nitrogens is 4. The van der Waals surface area contributed by atoms with Crippen LogP contribution in [0, 0.1) is 0 Å². The van der Waals surface area contributed by atoms with Crippen LogP contribution < -0.4 is 5.73 Å². The quantitative estimate of drug-likeness (QED) is 0.0862. The van der Waals surface area contributed by atoms with Gasteiger partial charge in [-0.05, 0) is 58.4 Å². The second-order valence-electron chi connectivity index (χ2n) is 9.92. The molecule has 2 heterocycles. The molecule has 0 aliphatic rings. The molecule has 258 valence electrons. The summed E-state index contributed by atoms with van der Waals surface area (Å²) in [5.41, 5.74) is 7.47. The van der Waals surface area contributed by atoms with E-state index in [1.807, 2.05) is 0 Å². The van der Waals surface area contributed by atoms with E-state index in [1.165, 1.54) is 30.9 Å². The molecule has 0 spiro atoms. The van der Waals surface area contributed by atoms with Gasteiger partial charge in [-0.2, -0.15) is 0 Å². The first-order valence-electron chi connectivity index (χ1n) is 13.9. The number of nitrogens with zero attached hydrogens (tertiary/aromatic N) is 4. The number of ether oxygens (including phenoxy) is 5. The molecule has 0 aliphatic carbocycles. The Hall–Kier alpha value is -4.77. The molecule has 0 fully saturated rings. The van der Waals surface area contributed by atoms with Gasteiger partial charge < -0.3 is 44.2 Å². The summed E-state index contributed by atoms with van der Waals surface area (Å²) in [6.07, 6.45) is 1.37. The van der Waals surface area contributed by atoms with Gasteiger partial charge in [-0.3, -0.25) is 13.6 Å². The Morgan fingerprint density at radius 3 is 2.04 bits per heavy atom. The molecule has 0 radical (unpaired) electrons. The van der Waals surface area contributed by atoms with Crippen molar-refractivity contribution in [1.29, 1.82) is 0 Å². The largest absolute Gasteiger partial charge is 0.510 e. The number of rotatable bonds is 15. The highest BCUT2D eigenvalue weighted by Gasteiger charge is 2.29. The number of hydrogen-bond acceptors (Lipinski definition) is 16. The van der Waals surface area contributed by atoms with E-state index in [4.69, 9.17) is 48.7 Å². The van der Waals surface area contributed by atoms with Crippen molar-refractivity contribution in [3.8, 4) is 5.75 Å². The normalized spacial score (nSPS) is 12.1. The minimum atomic E-state index is -4.06. The molecule has 0 bridgehead atoms. The third-order valence-corrected chi connectivity index (χ3v) is 6.69. The van der Waals surface area contributed by atoms with E-state index >= 15 is 0 Å². The Balaban J connectivity index is 0.000000535. The summed E-state index contributed by atoms with van der Waals surface area (Å²) in [5.74, 6) is -0.578. The maximum absolute atomic E-state index is 13.1. The van der Waals surface area contributed by atoms with Crippen LogP contribution >= 0.6 is 7.60 Å². The number of nitrogens with two attached hydrogens (primary N) is 1. The monoisotopic (exact) mass is 683 g/mol. The number of imidazole rings is 1. The predicted octanol–water partition coefficient (Wildman–Crippen LogP) is 4.53. The van der Waals surface area contributed by atoms with Gasteiger partial charge in [-0.1, -0.05) is 12.1 Å². The van der Waals surface area contributed by atoms with E-state index in [-0.39, 0.29) is 18.1 Å². The number of aromatic hydroxyl groups is 1. The van der Waals surface area contributed by atoms with Crippen LogP contribution in [0.2, 0.25) is 0 Å². The molecule has 19 heteroatoms. The fourth-order valence-corrected chi connectivity index (χ4v) is 4.30. The summed E-state index contributed by atoms with van der Waals surface area (Å²) in [6, 6.07) is 6.27. The van der Waals surface area contributed by atoms with Crippen LogP contribution in [0.4, 0.5) is 15.4 Å². The molecule has 0 unspecified atom stereocenters. The van der Waals surface area contributed by atoms with Crippen molar-refractivity contribution in [2.24, 2.45) is 0 Å². The Morgan fingerprint density at radius 1 is 0.936 bits per heavy atom. The van der Waals surface area contributed by atoms with Gasteiger partial charge in [-0.15, -0.1) is 0 Å². The van der Waals surface area contributed by atoms with Crippen molar-refractivity contribution in [3.63, 3.8) is 0 Å². The Kier molecular flexibility index (Phi) is 15.5. The van der Waals surface area contributed by atoms with Gasteiger partial charge >= 0.3 is 25.9 Å². The maximum atomic E-state index is 13.1. The lowest BCUT2D eigenvalue weighted by Gasteiger charge is -2.21. The first kappa shape index (κ1) is 38.4. The molecule has 0 saturated heterocycles. The molecule has 3 aromatic rings. The Labute approximate surface area is 269 Å². The van der Waals surface area contributed by atoms with Crippen molar-refractivity contribution in [2.45, 2.75) is 59.5 Å². The van der Waals surface area contributed by atoms with Crippen LogP contribution in [0.5, 0.6) is 5.75 Å². The van der Waals surface area contributed by atoms with Crippen LogP contribution in [0.1, 0.15) is 40.2 Å². The zero-order valence-corrected chi connectivity index (χ0v) is 27.3. The van der Waals surface area contributed by atoms with Crippen LogP contribution in [-0.2, 0) is 48.6 Å². The molecule has 3 rings (SSSR count). The van der Waals surface area contributed by atoms with E-state index in [1.54, 1.807) is 51.3 Å². The van der Waals surface area contributed by atoms with Gasteiger partial charge in [0.25, 0.3) is 0 Å². The van der Waals surface area contributed by atoms with Gasteiger partial charge in [0.15, 0.2) is 11.5 Å². The van der Waals surface area contributed by atoms with Gasteiger partial charge in [0, 0.05) is 6.08 Å². The number of benzene rings is 1. The number of carbonyl (C=O) groups is 3. The lowest BCUT2D eigenvalue weighted by Crippen LogP contribution is -2.20. The van der Waals surface area contributed by atoms with Crippen LogP contribution in [0.25, 0.3) is 17.2 Å². The minimum Gasteiger partial charge on any atom is -0.508 e. The van der Waals surface area contributed by atoms with Crippen molar-refractivity contribution < 1.29 is 61.9 Å². The molecule has 0 amide bonds. The molecule has 4 N–H and O–H groups in total. The second kappa shape index (κ2) is 19.0. The zero-order chi connectivity index (χ0) is 35.0. The lowest BCUT2D eigenvalue weighted by atomic mass is 10.2. The SMILES string of the molecule is CC(C)OC(=O)OCOP(=O)(CO[C@H](C)Cn1cnc2c(N)ncnc21)OCOC(=O)OC(C)C.O=C(O)/C=C/c1ccc(O)cc1. The van der Waals surface area contributed by atoms with Gasteiger partial charge in [0.05, 0.1) is 31.2 Å². The van der Waals surface area contributed by atoms with E-state index in [0.717, 1.165) is 11.6 Å². The van der Waals surface area contributed by atoms with Gasteiger partial charge in [0.2, 0.25) is 13.6 Å². The first-order valence-corrected chi connectivity index (χ1v) is 15.7. The fourth-order valence-electron chi connectivity index (χ4n) is 3.21. The number of carboxylic acid groups (broad SMARTS) is 1. The summed E-state index contributed by atoms with van der Waals surface area (Å²) in [5, 5.41) is 17.2. The Morgan fingerprint density at radius 2 is 1.51 bits per heavy atom.